The number of aryl methyl sites for hydroxylation is 2. The van der Waals surface area contributed by atoms with Crippen LogP contribution in [-0.2, 0) is 9.47 Å². The van der Waals surface area contributed by atoms with Gasteiger partial charge in [0.2, 0.25) is 0 Å². The van der Waals surface area contributed by atoms with Crippen molar-refractivity contribution < 1.29 is 13.9 Å². The first-order chi connectivity index (χ1) is 14.0. The highest BCUT2D eigenvalue weighted by Crippen LogP contribution is 2.40. The number of hydrogen-bond acceptors (Lipinski definition) is 5. The molecule has 1 N–H and O–H groups in total. The van der Waals surface area contributed by atoms with Crippen molar-refractivity contribution in [3.05, 3.63) is 39.7 Å². The van der Waals surface area contributed by atoms with Gasteiger partial charge in [0.05, 0.1) is 18.9 Å². The Hall–Kier alpha value is -2.03. The van der Waals surface area contributed by atoms with Crippen molar-refractivity contribution in [1.29, 1.82) is 0 Å². The molecule has 2 aliphatic rings. The van der Waals surface area contributed by atoms with Gasteiger partial charge in [-0.1, -0.05) is 15.9 Å². The Morgan fingerprint density at radius 1 is 1.14 bits per heavy atom. The lowest BCUT2D eigenvalue weighted by molar-refractivity contribution is -0.169. The van der Waals surface area contributed by atoms with Crippen LogP contribution in [0.3, 0.4) is 0 Å². The zero-order valence-corrected chi connectivity index (χ0v) is 18.0. The largest absolute Gasteiger partial charge is 0.356 e. The van der Waals surface area contributed by atoms with Gasteiger partial charge in [-0.15, -0.1) is 0 Å². The monoisotopic (exact) mass is 460 g/mol. The van der Waals surface area contributed by atoms with E-state index < -0.39 is 5.79 Å². The quantitative estimate of drug-likeness (QED) is 0.610. The minimum atomic E-state index is -0.471. The van der Waals surface area contributed by atoms with Crippen molar-refractivity contribution in [2.75, 3.05) is 31.2 Å². The number of H-pyrrole nitrogens is 1. The summed E-state index contributed by atoms with van der Waals surface area (Å²) < 4.78 is 27.2. The Bertz CT molecular complexity index is 1080. The van der Waals surface area contributed by atoms with Gasteiger partial charge < -0.3 is 14.4 Å². The van der Waals surface area contributed by atoms with Gasteiger partial charge in [0, 0.05) is 47.0 Å². The van der Waals surface area contributed by atoms with Crippen LogP contribution >= 0.6 is 15.9 Å². The van der Waals surface area contributed by atoms with E-state index in [4.69, 9.17) is 14.5 Å². The molecule has 0 bridgehead atoms. The summed E-state index contributed by atoms with van der Waals surface area (Å²) >= 11 is 3.40. The summed E-state index contributed by atoms with van der Waals surface area (Å²) in [5.74, 6) is -0.0447. The minimum Gasteiger partial charge on any atom is -0.356 e. The summed E-state index contributed by atoms with van der Waals surface area (Å²) in [6, 6.07) is 5.38. The maximum absolute atomic E-state index is 14.8. The van der Waals surface area contributed by atoms with Crippen LogP contribution in [0.1, 0.15) is 24.1 Å². The molecule has 0 saturated carbocycles. The maximum atomic E-state index is 14.8. The third kappa shape index (κ3) is 3.23. The van der Waals surface area contributed by atoms with Crippen LogP contribution in [-0.4, -0.2) is 47.3 Å². The molecule has 6 nitrogen and oxygen atoms in total. The minimum absolute atomic E-state index is 0.334. The number of nitrogens with one attached hydrogen (secondary N) is 1. The van der Waals surface area contributed by atoms with Gasteiger partial charge in [0.1, 0.15) is 11.3 Å². The maximum Gasteiger partial charge on any atom is 0.171 e. The first-order valence-electron chi connectivity index (χ1n) is 9.80. The van der Waals surface area contributed by atoms with Crippen LogP contribution in [0.15, 0.2) is 22.7 Å². The molecule has 0 radical (unpaired) electrons. The summed E-state index contributed by atoms with van der Waals surface area (Å²) in [6.07, 6.45) is 1.52. The van der Waals surface area contributed by atoms with E-state index in [1.54, 1.807) is 0 Å². The predicted octanol–water partition coefficient (Wildman–Crippen LogP) is 4.49. The number of ether oxygens (including phenoxy) is 2. The molecule has 2 fully saturated rings. The molecule has 152 valence electrons. The fourth-order valence-corrected chi connectivity index (χ4v) is 4.79. The Morgan fingerprint density at radius 2 is 1.86 bits per heavy atom. The highest BCUT2D eigenvalue weighted by atomic mass is 79.9. The number of aromatic amines is 1. The van der Waals surface area contributed by atoms with Gasteiger partial charge in [-0.3, -0.25) is 5.10 Å². The average molecular weight is 461 g/mol. The average Bonchev–Trinajstić information content (AvgIpc) is 3.32. The number of benzene rings is 1. The molecule has 0 amide bonds. The summed E-state index contributed by atoms with van der Waals surface area (Å²) in [5, 5.41) is 8.28. The Kier molecular flexibility index (Phi) is 4.60. The fourth-order valence-electron chi connectivity index (χ4n) is 4.36. The topological polar surface area (TPSA) is 63.3 Å². The highest BCUT2D eigenvalue weighted by Gasteiger charge is 2.40. The molecule has 2 saturated heterocycles. The summed E-state index contributed by atoms with van der Waals surface area (Å²) in [5.41, 5.74) is 4.06. The number of halogens is 2. The zero-order valence-electron chi connectivity index (χ0n) is 16.4. The second-order valence-electron chi connectivity index (χ2n) is 7.75. The third-order valence-electron chi connectivity index (χ3n) is 5.85. The number of anilines is 1. The number of aromatic nitrogens is 3. The summed E-state index contributed by atoms with van der Waals surface area (Å²) in [7, 11) is 0. The van der Waals surface area contributed by atoms with Crippen molar-refractivity contribution in [2.24, 2.45) is 0 Å². The van der Waals surface area contributed by atoms with E-state index in [0.717, 1.165) is 59.7 Å². The number of hydrogen-bond donors (Lipinski definition) is 1. The Morgan fingerprint density at radius 3 is 2.52 bits per heavy atom. The van der Waals surface area contributed by atoms with Crippen molar-refractivity contribution in [3.8, 4) is 11.3 Å². The van der Waals surface area contributed by atoms with Crippen LogP contribution in [0, 0.1) is 19.7 Å². The van der Waals surface area contributed by atoms with E-state index in [1.807, 2.05) is 26.0 Å². The molecule has 29 heavy (non-hydrogen) atoms. The van der Waals surface area contributed by atoms with E-state index in [1.165, 1.54) is 6.07 Å². The van der Waals surface area contributed by atoms with E-state index in [9.17, 15) is 4.39 Å². The molecule has 0 atom stereocenters. The standard InChI is InChI=1S/C21H22BrFN4O2/c1-12-9-17(26-25-12)18-13(2)15-10-14(22)11-16(23)19(15)24-20(18)27-5-3-21(4-6-27)28-7-8-29-21/h9-11H,3-8H2,1-2H3,(H,25,26). The fraction of sp³-hybridized carbons (Fsp3) is 0.429. The molecule has 5 rings (SSSR count). The molecule has 8 heteroatoms. The molecule has 4 heterocycles. The lowest BCUT2D eigenvalue weighted by Gasteiger charge is -2.39. The second kappa shape index (κ2) is 7.04. The first-order valence-corrected chi connectivity index (χ1v) is 10.6. The van der Waals surface area contributed by atoms with Crippen molar-refractivity contribution >= 4 is 32.7 Å². The SMILES string of the molecule is Cc1cc(-c2c(N3CCC4(CC3)OCCO4)nc3c(F)cc(Br)cc3c2C)n[nH]1. The molecular formula is C21H22BrFN4O2. The normalized spacial score (nSPS) is 18.8. The number of nitrogens with zero attached hydrogens (tertiary/aromatic N) is 3. The van der Waals surface area contributed by atoms with Crippen LogP contribution in [0.4, 0.5) is 10.2 Å². The van der Waals surface area contributed by atoms with Gasteiger partial charge in [0.15, 0.2) is 11.6 Å². The zero-order chi connectivity index (χ0) is 20.2. The summed E-state index contributed by atoms with van der Waals surface area (Å²) in [4.78, 5) is 6.99. The van der Waals surface area contributed by atoms with Gasteiger partial charge in [-0.25, -0.2) is 9.37 Å². The van der Waals surface area contributed by atoms with E-state index >= 15 is 0 Å². The van der Waals surface area contributed by atoms with Crippen molar-refractivity contribution in [1.82, 2.24) is 15.2 Å². The van der Waals surface area contributed by atoms with Crippen molar-refractivity contribution in [3.63, 3.8) is 0 Å². The van der Waals surface area contributed by atoms with E-state index in [2.05, 4.69) is 31.0 Å². The Labute approximate surface area is 176 Å². The lowest BCUT2D eigenvalue weighted by Crippen LogP contribution is -2.45. The third-order valence-corrected chi connectivity index (χ3v) is 6.31. The van der Waals surface area contributed by atoms with Gasteiger partial charge in [-0.2, -0.15) is 5.10 Å². The number of fused-ring (bicyclic) bond motifs is 1. The van der Waals surface area contributed by atoms with E-state index in [-0.39, 0.29) is 5.82 Å². The number of rotatable bonds is 2. The van der Waals surface area contributed by atoms with Crippen LogP contribution in [0.2, 0.25) is 0 Å². The number of piperidine rings is 1. The van der Waals surface area contributed by atoms with Gasteiger partial charge in [0.25, 0.3) is 0 Å². The van der Waals surface area contributed by atoms with Crippen LogP contribution < -0.4 is 4.90 Å². The first kappa shape index (κ1) is 19.0. The predicted molar refractivity (Wildman–Crippen MR) is 113 cm³/mol. The molecule has 3 aromatic rings. The smallest absolute Gasteiger partial charge is 0.171 e. The molecule has 0 aliphatic carbocycles. The Balaban J connectivity index is 1.65. The molecule has 2 aromatic heterocycles. The van der Waals surface area contributed by atoms with Crippen LogP contribution in [0.5, 0.6) is 0 Å². The molecule has 2 aliphatic heterocycles. The molecule has 1 spiro atoms. The van der Waals surface area contributed by atoms with Gasteiger partial charge in [-0.05, 0) is 37.6 Å². The lowest BCUT2D eigenvalue weighted by atomic mass is 9.98. The van der Waals surface area contributed by atoms with E-state index in [0.29, 0.717) is 23.2 Å². The second-order valence-corrected chi connectivity index (χ2v) is 8.67. The molecular weight excluding hydrogens is 439 g/mol. The molecule has 0 unspecified atom stereocenters. The van der Waals surface area contributed by atoms with Crippen LogP contribution in [0.25, 0.3) is 22.2 Å². The van der Waals surface area contributed by atoms with Crippen molar-refractivity contribution in [2.45, 2.75) is 32.5 Å². The molecule has 1 aromatic carbocycles. The summed E-state index contributed by atoms with van der Waals surface area (Å²) in [6.45, 7) is 6.72. The van der Waals surface area contributed by atoms with Gasteiger partial charge >= 0.3 is 0 Å². The number of pyridine rings is 1. The highest BCUT2D eigenvalue weighted by molar-refractivity contribution is 9.10.